The van der Waals surface area contributed by atoms with Crippen LogP contribution in [0, 0.1) is 0 Å². The Hall–Kier alpha value is -1.35. The number of nitrogens with two attached hydrogens (primary N) is 1. The fraction of sp³-hybridized carbons (Fsp3) is 0.300. The molecule has 13 heavy (non-hydrogen) atoms. The van der Waals surface area contributed by atoms with Crippen molar-refractivity contribution in [1.29, 1.82) is 0 Å². The van der Waals surface area contributed by atoms with Gasteiger partial charge in [-0.1, -0.05) is 6.92 Å². The molecule has 0 amide bonds. The van der Waals surface area contributed by atoms with Crippen LogP contribution >= 0.6 is 0 Å². The summed E-state index contributed by atoms with van der Waals surface area (Å²) in [5, 5.41) is 1.02. The zero-order chi connectivity index (χ0) is 9.26. The van der Waals surface area contributed by atoms with Crippen LogP contribution < -0.4 is 5.73 Å². The summed E-state index contributed by atoms with van der Waals surface area (Å²) in [5.41, 5.74) is 7.60. The largest absolute Gasteiger partial charge is 0.464 e. The lowest BCUT2D eigenvalue weighted by molar-refractivity contribution is 0.611. The van der Waals surface area contributed by atoms with Crippen molar-refractivity contribution >= 4 is 11.0 Å². The molecule has 1 unspecified atom stereocenters. The summed E-state index contributed by atoms with van der Waals surface area (Å²) >= 11 is 0. The van der Waals surface area contributed by atoms with E-state index in [0.29, 0.717) is 0 Å². The van der Waals surface area contributed by atoms with Crippen LogP contribution in [0.1, 0.15) is 25.1 Å². The molecule has 0 aliphatic rings. The molecule has 0 radical (unpaired) electrons. The van der Waals surface area contributed by atoms with Crippen molar-refractivity contribution in [2.24, 2.45) is 5.73 Å². The standard InChI is InChI=1S/C10H12N2O/c1-2-8(11)9-5-10-7(6-12-9)3-4-13-10/h3-6,8H,2,11H2,1H3. The van der Waals surface area contributed by atoms with Gasteiger partial charge in [0.1, 0.15) is 5.58 Å². The molecule has 2 heterocycles. The van der Waals surface area contributed by atoms with Crippen molar-refractivity contribution in [2.75, 3.05) is 0 Å². The highest BCUT2D eigenvalue weighted by atomic mass is 16.3. The topological polar surface area (TPSA) is 52.0 Å². The number of rotatable bonds is 2. The first-order valence-corrected chi connectivity index (χ1v) is 4.40. The van der Waals surface area contributed by atoms with E-state index in [0.717, 1.165) is 23.1 Å². The normalized spacial score (nSPS) is 13.4. The molecule has 0 aromatic carbocycles. The smallest absolute Gasteiger partial charge is 0.137 e. The Labute approximate surface area is 76.6 Å². The van der Waals surface area contributed by atoms with Crippen molar-refractivity contribution in [3.63, 3.8) is 0 Å². The molecular formula is C10H12N2O. The van der Waals surface area contributed by atoms with Crippen LogP contribution in [0.2, 0.25) is 0 Å². The number of furan rings is 1. The molecule has 0 fully saturated rings. The second-order valence-corrected chi connectivity index (χ2v) is 3.08. The Bertz CT molecular complexity index is 408. The molecule has 2 rings (SSSR count). The van der Waals surface area contributed by atoms with Gasteiger partial charge in [0.15, 0.2) is 0 Å². The second-order valence-electron chi connectivity index (χ2n) is 3.08. The van der Waals surface area contributed by atoms with Crippen molar-refractivity contribution < 1.29 is 4.42 Å². The van der Waals surface area contributed by atoms with Crippen molar-refractivity contribution in [3.05, 3.63) is 30.3 Å². The Kier molecular flexibility index (Phi) is 2.02. The van der Waals surface area contributed by atoms with Crippen LogP contribution in [0.5, 0.6) is 0 Å². The third-order valence-corrected chi connectivity index (χ3v) is 2.18. The molecule has 0 aliphatic carbocycles. The Morgan fingerprint density at radius 1 is 1.62 bits per heavy atom. The first kappa shape index (κ1) is 8.26. The van der Waals surface area contributed by atoms with E-state index in [1.54, 1.807) is 12.5 Å². The molecule has 0 aliphatic heterocycles. The minimum absolute atomic E-state index is 0.00880. The first-order valence-electron chi connectivity index (χ1n) is 4.40. The molecular weight excluding hydrogens is 164 g/mol. The maximum Gasteiger partial charge on any atom is 0.137 e. The van der Waals surface area contributed by atoms with E-state index in [4.69, 9.17) is 10.2 Å². The Balaban J connectivity index is 2.48. The predicted molar refractivity (Wildman–Crippen MR) is 51.2 cm³/mol. The minimum Gasteiger partial charge on any atom is -0.464 e. The second kappa shape index (κ2) is 3.18. The number of hydrogen-bond donors (Lipinski definition) is 1. The summed E-state index contributed by atoms with van der Waals surface area (Å²) in [5.74, 6) is 0. The SMILES string of the molecule is CCC(N)c1cc2occc2cn1. The van der Waals surface area contributed by atoms with E-state index < -0.39 is 0 Å². The Morgan fingerprint density at radius 2 is 2.46 bits per heavy atom. The van der Waals surface area contributed by atoms with Gasteiger partial charge < -0.3 is 10.2 Å². The molecule has 3 heteroatoms. The summed E-state index contributed by atoms with van der Waals surface area (Å²) in [6, 6.07) is 3.81. The van der Waals surface area contributed by atoms with Gasteiger partial charge in [-0.05, 0) is 12.5 Å². The number of fused-ring (bicyclic) bond motifs is 1. The molecule has 68 valence electrons. The number of pyridine rings is 1. The molecule has 2 N–H and O–H groups in total. The van der Waals surface area contributed by atoms with Gasteiger partial charge in [0, 0.05) is 23.7 Å². The van der Waals surface area contributed by atoms with E-state index in [1.165, 1.54) is 0 Å². The lowest BCUT2D eigenvalue weighted by Crippen LogP contribution is -2.09. The van der Waals surface area contributed by atoms with Crippen LogP contribution in [-0.2, 0) is 0 Å². The third-order valence-electron chi connectivity index (χ3n) is 2.18. The highest BCUT2D eigenvalue weighted by Crippen LogP contribution is 2.18. The van der Waals surface area contributed by atoms with Crippen LogP contribution in [-0.4, -0.2) is 4.98 Å². The molecule has 0 bridgehead atoms. The summed E-state index contributed by atoms with van der Waals surface area (Å²) in [4.78, 5) is 4.26. The molecule has 0 spiro atoms. The summed E-state index contributed by atoms with van der Waals surface area (Å²) in [7, 11) is 0. The predicted octanol–water partition coefficient (Wildman–Crippen LogP) is 2.24. The van der Waals surface area contributed by atoms with Gasteiger partial charge >= 0.3 is 0 Å². The van der Waals surface area contributed by atoms with Gasteiger partial charge in [0.25, 0.3) is 0 Å². The quantitative estimate of drug-likeness (QED) is 0.763. The molecule has 0 saturated heterocycles. The van der Waals surface area contributed by atoms with Gasteiger partial charge in [0.05, 0.1) is 12.0 Å². The van der Waals surface area contributed by atoms with Gasteiger partial charge in [-0.2, -0.15) is 0 Å². The number of aromatic nitrogens is 1. The maximum absolute atomic E-state index is 5.85. The molecule has 0 saturated carbocycles. The van der Waals surface area contributed by atoms with E-state index in [2.05, 4.69) is 4.98 Å². The average Bonchev–Trinajstić information content (AvgIpc) is 2.63. The van der Waals surface area contributed by atoms with Crippen LogP contribution in [0.3, 0.4) is 0 Å². The zero-order valence-corrected chi connectivity index (χ0v) is 7.53. The summed E-state index contributed by atoms with van der Waals surface area (Å²) in [6.45, 7) is 2.04. The third kappa shape index (κ3) is 1.42. The highest BCUT2D eigenvalue weighted by molar-refractivity contribution is 5.76. The van der Waals surface area contributed by atoms with Crippen molar-refractivity contribution in [1.82, 2.24) is 4.98 Å². The molecule has 3 nitrogen and oxygen atoms in total. The molecule has 1 atom stereocenters. The van der Waals surface area contributed by atoms with E-state index in [-0.39, 0.29) is 6.04 Å². The lowest BCUT2D eigenvalue weighted by Gasteiger charge is -2.06. The fourth-order valence-corrected chi connectivity index (χ4v) is 1.28. The van der Waals surface area contributed by atoms with E-state index >= 15 is 0 Å². The monoisotopic (exact) mass is 176 g/mol. The minimum atomic E-state index is 0.00880. The first-order chi connectivity index (χ1) is 6.31. The highest BCUT2D eigenvalue weighted by Gasteiger charge is 2.06. The lowest BCUT2D eigenvalue weighted by atomic mass is 10.1. The molecule has 2 aromatic rings. The van der Waals surface area contributed by atoms with Crippen LogP contribution in [0.15, 0.2) is 29.0 Å². The Morgan fingerprint density at radius 3 is 3.23 bits per heavy atom. The van der Waals surface area contributed by atoms with Gasteiger partial charge in [-0.25, -0.2) is 0 Å². The summed E-state index contributed by atoms with van der Waals surface area (Å²) < 4.78 is 5.26. The van der Waals surface area contributed by atoms with Gasteiger partial charge in [0.2, 0.25) is 0 Å². The fourth-order valence-electron chi connectivity index (χ4n) is 1.28. The average molecular weight is 176 g/mol. The number of hydrogen-bond acceptors (Lipinski definition) is 3. The van der Waals surface area contributed by atoms with Crippen molar-refractivity contribution in [2.45, 2.75) is 19.4 Å². The zero-order valence-electron chi connectivity index (χ0n) is 7.53. The van der Waals surface area contributed by atoms with Gasteiger partial charge in [-0.3, -0.25) is 4.98 Å². The van der Waals surface area contributed by atoms with Crippen LogP contribution in [0.4, 0.5) is 0 Å². The summed E-state index contributed by atoms with van der Waals surface area (Å²) in [6.07, 6.45) is 4.34. The maximum atomic E-state index is 5.85. The molecule has 2 aromatic heterocycles. The van der Waals surface area contributed by atoms with Gasteiger partial charge in [-0.15, -0.1) is 0 Å². The van der Waals surface area contributed by atoms with Crippen molar-refractivity contribution in [3.8, 4) is 0 Å². The van der Waals surface area contributed by atoms with Crippen LogP contribution in [0.25, 0.3) is 11.0 Å². The van der Waals surface area contributed by atoms with E-state index in [1.807, 2.05) is 19.1 Å². The van der Waals surface area contributed by atoms with E-state index in [9.17, 15) is 0 Å². The number of nitrogens with zero attached hydrogens (tertiary/aromatic N) is 1.